The molecule has 2 rings (SSSR count). The fourth-order valence-corrected chi connectivity index (χ4v) is 1.97. The maximum absolute atomic E-state index is 13.2. The minimum absolute atomic E-state index is 0.378. The Morgan fingerprint density at radius 2 is 2.21 bits per heavy atom. The molecule has 19 heavy (non-hydrogen) atoms. The molecule has 0 bridgehead atoms. The number of aliphatic hydroxyl groups excluding tert-OH is 1. The average molecular weight is 261 g/mol. The predicted molar refractivity (Wildman–Crippen MR) is 70.5 cm³/mol. The summed E-state index contributed by atoms with van der Waals surface area (Å²) >= 11 is 0. The Hall–Kier alpha value is -1.94. The van der Waals surface area contributed by atoms with E-state index in [1.54, 1.807) is 12.4 Å². The Morgan fingerprint density at radius 1 is 1.37 bits per heavy atom. The third kappa shape index (κ3) is 3.51. The number of halogens is 1. The van der Waals surface area contributed by atoms with E-state index in [1.165, 1.54) is 25.3 Å². The van der Waals surface area contributed by atoms with Crippen LogP contribution < -0.4 is 4.74 Å². The summed E-state index contributed by atoms with van der Waals surface area (Å²) in [5, 5.41) is 10.2. The smallest absolute Gasteiger partial charge is 0.124 e. The van der Waals surface area contributed by atoms with Crippen LogP contribution in [0.2, 0.25) is 0 Å². The van der Waals surface area contributed by atoms with Crippen LogP contribution in [0, 0.1) is 5.82 Å². The molecule has 1 aromatic carbocycles. The van der Waals surface area contributed by atoms with Crippen molar-refractivity contribution < 1.29 is 14.2 Å². The van der Waals surface area contributed by atoms with Crippen LogP contribution in [0.3, 0.4) is 0 Å². The summed E-state index contributed by atoms with van der Waals surface area (Å²) in [4.78, 5) is 4.02. The summed E-state index contributed by atoms with van der Waals surface area (Å²) in [6.07, 6.45) is 3.87. The van der Waals surface area contributed by atoms with Crippen molar-refractivity contribution in [1.29, 1.82) is 0 Å². The first-order chi connectivity index (χ1) is 9.20. The highest BCUT2D eigenvalue weighted by atomic mass is 19.1. The molecule has 0 radical (unpaired) electrons. The highest BCUT2D eigenvalue weighted by Crippen LogP contribution is 2.28. The van der Waals surface area contributed by atoms with Crippen LogP contribution in [-0.4, -0.2) is 17.2 Å². The maximum atomic E-state index is 13.2. The van der Waals surface area contributed by atoms with Crippen LogP contribution >= 0.6 is 0 Å². The molecule has 0 aliphatic rings. The van der Waals surface area contributed by atoms with Gasteiger partial charge in [-0.05, 0) is 42.7 Å². The molecule has 0 amide bonds. The third-order valence-corrected chi connectivity index (χ3v) is 2.98. The lowest BCUT2D eigenvalue weighted by molar-refractivity contribution is 0.163. The number of hydrogen-bond acceptors (Lipinski definition) is 3. The summed E-state index contributed by atoms with van der Waals surface area (Å²) in [6.45, 7) is 0. The lowest BCUT2D eigenvalue weighted by Gasteiger charge is -2.14. The number of nitrogens with zero attached hydrogens (tertiary/aromatic N) is 1. The lowest BCUT2D eigenvalue weighted by Crippen LogP contribution is -2.03. The molecule has 3 nitrogen and oxygen atoms in total. The van der Waals surface area contributed by atoms with Crippen LogP contribution in [0.15, 0.2) is 42.7 Å². The summed E-state index contributed by atoms with van der Waals surface area (Å²) in [5.74, 6) is 0.122. The van der Waals surface area contributed by atoms with Gasteiger partial charge in [0, 0.05) is 18.0 Å². The number of pyridine rings is 1. The Kier molecular flexibility index (Phi) is 4.47. The SMILES string of the molecule is COc1ccc(F)cc1C(O)CCc1cccnc1. The second-order valence-corrected chi connectivity index (χ2v) is 4.30. The first-order valence-corrected chi connectivity index (χ1v) is 6.11. The first kappa shape index (κ1) is 13.5. The standard InChI is InChI=1S/C15H16FNO2/c1-19-15-7-5-12(16)9-13(15)14(18)6-4-11-3-2-8-17-10-11/h2-3,5,7-10,14,18H,4,6H2,1H3. The van der Waals surface area contributed by atoms with Gasteiger partial charge in [-0.25, -0.2) is 4.39 Å². The number of ether oxygens (including phenoxy) is 1. The van der Waals surface area contributed by atoms with E-state index >= 15 is 0 Å². The maximum Gasteiger partial charge on any atom is 0.124 e. The van der Waals surface area contributed by atoms with Gasteiger partial charge in [0.2, 0.25) is 0 Å². The van der Waals surface area contributed by atoms with E-state index in [1.807, 2.05) is 12.1 Å². The Bertz CT molecular complexity index is 531. The van der Waals surface area contributed by atoms with Gasteiger partial charge >= 0.3 is 0 Å². The number of aliphatic hydroxyl groups is 1. The summed E-state index contributed by atoms with van der Waals surface area (Å²) in [7, 11) is 1.50. The Labute approximate surface area is 111 Å². The van der Waals surface area contributed by atoms with Crippen LogP contribution in [0.4, 0.5) is 4.39 Å². The molecule has 1 N–H and O–H groups in total. The Balaban J connectivity index is 2.07. The fourth-order valence-electron chi connectivity index (χ4n) is 1.97. The second kappa shape index (κ2) is 6.29. The van der Waals surface area contributed by atoms with Gasteiger partial charge in [0.15, 0.2) is 0 Å². The molecule has 0 aliphatic carbocycles. The molecule has 0 aliphatic heterocycles. The van der Waals surface area contributed by atoms with Gasteiger partial charge in [-0.15, -0.1) is 0 Å². The van der Waals surface area contributed by atoms with E-state index < -0.39 is 6.10 Å². The number of benzene rings is 1. The van der Waals surface area contributed by atoms with Crippen molar-refractivity contribution in [3.8, 4) is 5.75 Å². The van der Waals surface area contributed by atoms with Crippen molar-refractivity contribution in [3.63, 3.8) is 0 Å². The largest absolute Gasteiger partial charge is 0.496 e. The first-order valence-electron chi connectivity index (χ1n) is 6.11. The topological polar surface area (TPSA) is 42.4 Å². The monoisotopic (exact) mass is 261 g/mol. The molecule has 4 heteroatoms. The van der Waals surface area contributed by atoms with Gasteiger partial charge in [-0.1, -0.05) is 6.07 Å². The molecule has 2 aromatic rings. The zero-order chi connectivity index (χ0) is 13.7. The molecular weight excluding hydrogens is 245 g/mol. The van der Waals surface area contributed by atoms with E-state index in [0.717, 1.165) is 5.56 Å². The van der Waals surface area contributed by atoms with E-state index in [0.29, 0.717) is 24.2 Å². The van der Waals surface area contributed by atoms with E-state index in [9.17, 15) is 9.50 Å². The highest BCUT2D eigenvalue weighted by molar-refractivity contribution is 5.35. The predicted octanol–water partition coefficient (Wildman–Crippen LogP) is 2.90. The molecule has 1 unspecified atom stereocenters. The van der Waals surface area contributed by atoms with Crippen LogP contribution in [-0.2, 0) is 6.42 Å². The zero-order valence-corrected chi connectivity index (χ0v) is 10.7. The van der Waals surface area contributed by atoms with Crippen LogP contribution in [0.25, 0.3) is 0 Å². The third-order valence-electron chi connectivity index (χ3n) is 2.98. The van der Waals surface area contributed by atoms with Gasteiger partial charge in [-0.3, -0.25) is 4.98 Å². The van der Waals surface area contributed by atoms with Crippen molar-refractivity contribution in [2.24, 2.45) is 0 Å². The summed E-state index contributed by atoms with van der Waals surface area (Å²) < 4.78 is 18.4. The summed E-state index contributed by atoms with van der Waals surface area (Å²) in [6, 6.07) is 7.95. The number of hydrogen-bond donors (Lipinski definition) is 1. The molecular formula is C15H16FNO2. The molecule has 0 spiro atoms. The Morgan fingerprint density at radius 3 is 2.89 bits per heavy atom. The number of rotatable bonds is 5. The van der Waals surface area contributed by atoms with Crippen molar-refractivity contribution in [2.75, 3.05) is 7.11 Å². The zero-order valence-electron chi connectivity index (χ0n) is 10.7. The summed E-state index contributed by atoms with van der Waals surface area (Å²) in [5.41, 5.74) is 1.52. The van der Waals surface area contributed by atoms with Gasteiger partial charge in [0.1, 0.15) is 11.6 Å². The number of aromatic nitrogens is 1. The van der Waals surface area contributed by atoms with Crippen molar-refractivity contribution in [3.05, 3.63) is 59.7 Å². The molecule has 1 aromatic heterocycles. The average Bonchev–Trinajstić information content (AvgIpc) is 2.46. The number of aryl methyl sites for hydroxylation is 1. The van der Waals surface area contributed by atoms with Crippen LogP contribution in [0.1, 0.15) is 23.7 Å². The van der Waals surface area contributed by atoms with Gasteiger partial charge < -0.3 is 9.84 Å². The minimum Gasteiger partial charge on any atom is -0.496 e. The van der Waals surface area contributed by atoms with Crippen molar-refractivity contribution in [2.45, 2.75) is 18.9 Å². The van der Waals surface area contributed by atoms with Gasteiger partial charge in [0.25, 0.3) is 0 Å². The molecule has 100 valence electrons. The molecule has 0 saturated heterocycles. The minimum atomic E-state index is -0.758. The molecule has 0 fully saturated rings. The highest BCUT2D eigenvalue weighted by Gasteiger charge is 2.14. The second-order valence-electron chi connectivity index (χ2n) is 4.30. The van der Waals surface area contributed by atoms with E-state index in [2.05, 4.69) is 4.98 Å². The normalized spacial score (nSPS) is 12.2. The molecule has 0 saturated carbocycles. The van der Waals surface area contributed by atoms with E-state index in [4.69, 9.17) is 4.74 Å². The quantitative estimate of drug-likeness (QED) is 0.899. The fraction of sp³-hybridized carbons (Fsp3) is 0.267. The molecule has 1 heterocycles. The van der Waals surface area contributed by atoms with Crippen molar-refractivity contribution in [1.82, 2.24) is 4.98 Å². The van der Waals surface area contributed by atoms with Crippen LogP contribution in [0.5, 0.6) is 5.75 Å². The van der Waals surface area contributed by atoms with Gasteiger partial charge in [0.05, 0.1) is 13.2 Å². The number of methoxy groups -OCH3 is 1. The van der Waals surface area contributed by atoms with Crippen molar-refractivity contribution >= 4 is 0 Å². The lowest BCUT2D eigenvalue weighted by atomic mass is 10.0. The molecule has 1 atom stereocenters. The van der Waals surface area contributed by atoms with E-state index in [-0.39, 0.29) is 5.82 Å². The van der Waals surface area contributed by atoms with Gasteiger partial charge in [-0.2, -0.15) is 0 Å².